The summed E-state index contributed by atoms with van der Waals surface area (Å²) < 4.78 is 49.5. The molecular weight excluding hydrogens is 900 g/mol. The second-order valence-electron chi connectivity index (χ2n) is 12.7. The maximum Gasteiger partial charge on any atom is 0.415 e. The van der Waals surface area contributed by atoms with Crippen molar-refractivity contribution < 1.29 is 91.2 Å². The third kappa shape index (κ3) is 38.6. The third-order valence-corrected chi connectivity index (χ3v) is 7.04. The van der Waals surface area contributed by atoms with Crippen LogP contribution < -0.4 is 21.5 Å². The first-order valence-corrected chi connectivity index (χ1v) is 19.7. The van der Waals surface area contributed by atoms with Crippen molar-refractivity contribution in [2.45, 2.75) is 65.7 Å². The summed E-state index contributed by atoms with van der Waals surface area (Å²) in [4.78, 5) is 103. The van der Waals surface area contributed by atoms with Gasteiger partial charge >= 0.3 is 35.9 Å². The van der Waals surface area contributed by atoms with Crippen LogP contribution in [0.1, 0.15) is 51.2 Å². The maximum absolute atomic E-state index is 12.2. The average Bonchev–Trinajstić information content (AvgIpc) is 3.60. The second kappa shape index (κ2) is 40.0. The molecule has 1 aliphatic heterocycles. The number of esters is 5. The number of hydrogen-bond donors (Lipinski definition) is 3. The van der Waals surface area contributed by atoms with E-state index in [0.717, 1.165) is 17.7 Å². The minimum absolute atomic E-state index is 0.0377. The van der Waals surface area contributed by atoms with Crippen LogP contribution in [-0.4, -0.2) is 119 Å². The number of quaternary nitrogens is 1. The van der Waals surface area contributed by atoms with Crippen molar-refractivity contribution in [1.82, 2.24) is 10.6 Å². The summed E-state index contributed by atoms with van der Waals surface area (Å²) in [5, 5.41) is 20.3. The van der Waals surface area contributed by atoms with Crippen molar-refractivity contribution in [3.8, 4) is 0 Å². The summed E-state index contributed by atoms with van der Waals surface area (Å²) in [6, 6.07) is 17.4. The van der Waals surface area contributed by atoms with Crippen LogP contribution in [0, 0.1) is 5.92 Å². The van der Waals surface area contributed by atoms with Gasteiger partial charge in [-0.05, 0) is 29.1 Å². The van der Waals surface area contributed by atoms with Gasteiger partial charge < -0.3 is 59.5 Å². The van der Waals surface area contributed by atoms with Crippen molar-refractivity contribution in [2.75, 3.05) is 52.6 Å². The van der Waals surface area contributed by atoms with E-state index < -0.39 is 66.2 Å². The average molecular weight is 954 g/mol. The summed E-state index contributed by atoms with van der Waals surface area (Å²) >= 11 is 0. The number of alkyl carbamates (subject to hydrolysis) is 1. The zero-order chi connectivity index (χ0) is 50.8. The molecular formula is C40H53F2N9O16. The Bertz CT molecular complexity index is 1930. The fraction of sp³-hybridized carbons (Fsp3) is 0.475. The van der Waals surface area contributed by atoms with Crippen LogP contribution in [0.3, 0.4) is 0 Å². The van der Waals surface area contributed by atoms with E-state index in [4.69, 9.17) is 39.9 Å². The van der Waals surface area contributed by atoms with E-state index >= 15 is 0 Å². The minimum Gasteiger partial charge on any atom is -0.544 e. The van der Waals surface area contributed by atoms with Crippen molar-refractivity contribution in [3.05, 3.63) is 92.7 Å². The molecule has 25 nitrogen and oxygen atoms in total. The van der Waals surface area contributed by atoms with Crippen LogP contribution >= 0.6 is 0 Å². The molecule has 5 N–H and O–H groups in total. The number of carboxylic acid groups (broad SMARTS) is 1. The molecule has 2 aromatic carbocycles. The third-order valence-electron chi connectivity index (χ3n) is 7.04. The Hall–Kier alpha value is -7.57. The molecule has 0 saturated carbocycles. The first-order valence-electron chi connectivity index (χ1n) is 19.7. The number of azide groups is 2. The standard InChI is InChI=1S/C18H24N4O5.C12H11NO5.C4H10N4O.C4H6O3.C2H2F2O2/c1-14(23)11-16(18(25)20-7-9-26-10-8-21-22-19)12-17(24)27-13-15-5-3-2-4-6-15;14-10(6-9-11(15)18-12(16)13-9)17-7-8-4-2-1-3-5-8;5-1-3-9-4-2-7-8-6;1-3(5)7-4(2)6;3-1(4)2(5)6/h2-6,16H,7-13H2,1H3,(H,20,25);1-5,9H,6-7H2,(H,13,16);1-5H2;1-2H3;1H,(H,5,6)/t16-;9-;;;/m00.../s1. The quantitative estimate of drug-likeness (QED) is 0.0271. The number of benzene rings is 2. The monoisotopic (exact) mass is 953 g/mol. The summed E-state index contributed by atoms with van der Waals surface area (Å²) in [6.07, 6.45) is -4.61. The van der Waals surface area contributed by atoms with Gasteiger partial charge in [-0.25, -0.2) is 18.4 Å². The molecule has 2 aromatic rings. The summed E-state index contributed by atoms with van der Waals surface area (Å²) in [7, 11) is 0. The number of alkyl halides is 2. The number of amides is 2. The number of nitrogens with zero attached hydrogens (tertiary/aromatic N) is 6. The van der Waals surface area contributed by atoms with E-state index in [9.17, 15) is 47.1 Å². The number of aliphatic carboxylic acids is 1. The Labute approximate surface area is 382 Å². The highest BCUT2D eigenvalue weighted by molar-refractivity contribution is 5.97. The molecule has 0 radical (unpaired) electrons. The Morgan fingerprint density at radius 2 is 1.27 bits per heavy atom. The Morgan fingerprint density at radius 3 is 1.66 bits per heavy atom. The lowest BCUT2D eigenvalue weighted by atomic mass is 9.98. The fourth-order valence-electron chi connectivity index (χ4n) is 4.29. The Balaban J connectivity index is 0. The van der Waals surface area contributed by atoms with Crippen molar-refractivity contribution in [2.24, 2.45) is 16.1 Å². The number of ketones is 1. The molecule has 368 valence electrons. The molecule has 1 aliphatic rings. The molecule has 2 amide bonds. The van der Waals surface area contributed by atoms with E-state index in [2.05, 4.69) is 45.9 Å². The van der Waals surface area contributed by atoms with Gasteiger partial charge in [-0.3, -0.25) is 24.0 Å². The zero-order valence-electron chi connectivity index (χ0n) is 36.9. The molecule has 27 heteroatoms. The lowest BCUT2D eigenvalue weighted by Crippen LogP contribution is -2.52. The van der Waals surface area contributed by atoms with Crippen molar-refractivity contribution in [3.63, 3.8) is 0 Å². The molecule has 3 rings (SSSR count). The largest absolute Gasteiger partial charge is 0.544 e. The first kappa shape index (κ1) is 61.5. The lowest BCUT2D eigenvalue weighted by molar-refractivity contribution is -0.374. The molecule has 0 aromatic heterocycles. The number of halogens is 2. The summed E-state index contributed by atoms with van der Waals surface area (Å²) in [5.41, 5.74) is 21.2. The predicted molar refractivity (Wildman–Crippen MR) is 223 cm³/mol. The highest BCUT2D eigenvalue weighted by atomic mass is 19.3. The summed E-state index contributed by atoms with van der Waals surface area (Å²) in [6.45, 7) is 7.22. The first-order chi connectivity index (χ1) is 31.9. The van der Waals surface area contributed by atoms with Gasteiger partial charge in [0.05, 0.1) is 51.7 Å². The predicted octanol–water partition coefficient (Wildman–Crippen LogP) is 1.57. The number of rotatable bonds is 23. The van der Waals surface area contributed by atoms with Crippen molar-refractivity contribution >= 4 is 53.6 Å². The van der Waals surface area contributed by atoms with Gasteiger partial charge in [0.2, 0.25) is 5.91 Å². The highest BCUT2D eigenvalue weighted by Crippen LogP contribution is 2.13. The van der Waals surface area contributed by atoms with Gasteiger partial charge in [-0.1, -0.05) is 70.9 Å². The smallest absolute Gasteiger partial charge is 0.415 e. The minimum atomic E-state index is -3.34. The molecule has 1 saturated heterocycles. The van der Waals surface area contributed by atoms with Crippen LogP contribution in [0.2, 0.25) is 0 Å². The van der Waals surface area contributed by atoms with E-state index in [0.29, 0.717) is 19.8 Å². The van der Waals surface area contributed by atoms with Crippen molar-refractivity contribution in [1.29, 1.82) is 0 Å². The molecule has 0 unspecified atom stereocenters. The summed E-state index contributed by atoms with van der Waals surface area (Å²) in [5.74, 6) is -6.67. The number of carbonyl (C=O) groups is 9. The molecule has 1 fully saturated rings. The Morgan fingerprint density at radius 1 is 0.791 bits per heavy atom. The molecule has 0 bridgehead atoms. The van der Waals surface area contributed by atoms with Crippen LogP contribution in [0.4, 0.5) is 13.6 Å². The maximum atomic E-state index is 12.2. The molecule has 1 heterocycles. The van der Waals surface area contributed by atoms with Gasteiger partial charge in [0, 0.05) is 49.7 Å². The van der Waals surface area contributed by atoms with Gasteiger partial charge in [-0.15, -0.1) is 0 Å². The topological polar surface area (TPSA) is 381 Å². The number of carbonyl (C=O) groups excluding carboxylic acids is 9. The van der Waals surface area contributed by atoms with Gasteiger partial charge in [0.25, 0.3) is 6.43 Å². The number of nitrogens with one attached hydrogen (secondary N) is 2. The Kier molecular flexibility index (Phi) is 36.7. The molecule has 67 heavy (non-hydrogen) atoms. The molecule has 0 aliphatic carbocycles. The number of cyclic esters (lactones) is 2. The van der Waals surface area contributed by atoms with Gasteiger partial charge in [-0.2, -0.15) is 0 Å². The lowest BCUT2D eigenvalue weighted by Gasteiger charge is -2.15. The zero-order valence-corrected chi connectivity index (χ0v) is 36.9. The number of hydrogen-bond acceptors (Lipinski definition) is 18. The van der Waals surface area contributed by atoms with E-state index in [1.165, 1.54) is 20.8 Å². The van der Waals surface area contributed by atoms with E-state index in [1.807, 2.05) is 60.7 Å². The SMILES string of the molecule is CC(=O)C[C@@H](CC(=O)OCc1ccccc1)C(=O)NCCOCCN=[N+]=[N-].CC(=O)OC(C)=O.O=C(C[C@@H]1NC(=O)OC1=O)OCc1ccccc1.O=C([O-])C(F)F.[N-]=[N+]=NCCOCC[NH3+]. The van der Waals surface area contributed by atoms with E-state index in [1.54, 1.807) is 0 Å². The van der Waals surface area contributed by atoms with Crippen LogP contribution in [-0.2, 0) is 80.0 Å². The second-order valence-corrected chi connectivity index (χ2v) is 12.7. The number of Topliss-reactive ketones (excluding diaryl/α,β-unsaturated/α-hetero) is 1. The number of carboxylic acids is 1. The van der Waals surface area contributed by atoms with Crippen LogP contribution in [0.25, 0.3) is 20.9 Å². The fourth-order valence-corrected chi connectivity index (χ4v) is 4.29. The van der Waals surface area contributed by atoms with Gasteiger partial charge in [0.1, 0.15) is 31.0 Å². The number of ether oxygens (including phenoxy) is 6. The normalized spacial score (nSPS) is 12.1. The molecule has 0 spiro atoms. The van der Waals surface area contributed by atoms with E-state index in [-0.39, 0.29) is 64.6 Å². The van der Waals surface area contributed by atoms with Gasteiger partial charge in [0.15, 0.2) is 0 Å². The van der Waals surface area contributed by atoms with Crippen LogP contribution in [0.15, 0.2) is 70.9 Å². The van der Waals surface area contributed by atoms with Crippen LogP contribution in [0.5, 0.6) is 0 Å². The molecule has 2 atom stereocenters. The highest BCUT2D eigenvalue weighted by Gasteiger charge is 2.34.